The number of carbonyl (C=O) groups is 2. The van der Waals surface area contributed by atoms with Crippen LogP contribution >= 0.6 is 46.6 Å². The van der Waals surface area contributed by atoms with Crippen LogP contribution in [0.4, 0.5) is 0 Å². The summed E-state index contributed by atoms with van der Waals surface area (Å²) in [6, 6.07) is 21.7. The molecule has 4 nitrogen and oxygen atoms in total. The van der Waals surface area contributed by atoms with Crippen molar-refractivity contribution in [3.05, 3.63) is 105 Å². The van der Waals surface area contributed by atoms with E-state index in [2.05, 4.69) is 5.32 Å². The lowest BCUT2D eigenvalue weighted by atomic mass is 10.0. The molecule has 0 heterocycles. The van der Waals surface area contributed by atoms with Crippen LogP contribution in [0.15, 0.2) is 72.8 Å². The standard InChI is InChI=1S/C27H27Cl3N2O2S/c1-2-31-27(34)25(14-19-7-4-3-5-8-19)32(16-20-9-6-10-22(28)13-20)26(33)18-35-17-21-11-12-23(29)15-24(21)30/h3-13,15,25H,2,14,16-18H2,1H3,(H,31,34)/t25-/m0/s1. The molecule has 3 aromatic rings. The van der Waals surface area contributed by atoms with Crippen LogP contribution in [0.25, 0.3) is 0 Å². The summed E-state index contributed by atoms with van der Waals surface area (Å²) in [6.07, 6.45) is 0.409. The average Bonchev–Trinajstić information content (AvgIpc) is 2.83. The van der Waals surface area contributed by atoms with E-state index >= 15 is 0 Å². The summed E-state index contributed by atoms with van der Waals surface area (Å²) < 4.78 is 0. The second-order valence-corrected chi connectivity index (χ2v) is 10.2. The number of likely N-dealkylation sites (N-methyl/N-ethyl adjacent to an activating group) is 1. The van der Waals surface area contributed by atoms with Crippen LogP contribution in [-0.2, 0) is 28.3 Å². The lowest BCUT2D eigenvalue weighted by molar-refractivity contribution is -0.139. The predicted molar refractivity (Wildman–Crippen MR) is 147 cm³/mol. The van der Waals surface area contributed by atoms with Gasteiger partial charge >= 0.3 is 0 Å². The summed E-state index contributed by atoms with van der Waals surface area (Å²) in [7, 11) is 0. The fourth-order valence-corrected chi connectivity index (χ4v) is 5.33. The molecule has 0 radical (unpaired) electrons. The average molecular weight is 550 g/mol. The Bertz CT molecular complexity index is 1140. The van der Waals surface area contributed by atoms with Gasteiger partial charge in [-0.3, -0.25) is 9.59 Å². The highest BCUT2D eigenvalue weighted by molar-refractivity contribution is 7.99. The molecule has 0 aliphatic carbocycles. The minimum Gasteiger partial charge on any atom is -0.355 e. The molecule has 0 aromatic heterocycles. The van der Waals surface area contributed by atoms with Crippen LogP contribution < -0.4 is 5.32 Å². The number of carbonyl (C=O) groups excluding carboxylic acids is 2. The van der Waals surface area contributed by atoms with Crippen LogP contribution in [0.2, 0.25) is 15.1 Å². The zero-order valence-electron chi connectivity index (χ0n) is 19.3. The van der Waals surface area contributed by atoms with Crippen LogP contribution in [0, 0.1) is 0 Å². The zero-order chi connectivity index (χ0) is 25.2. The highest BCUT2D eigenvalue weighted by Gasteiger charge is 2.30. The Labute approximate surface area is 225 Å². The minimum atomic E-state index is -0.663. The normalized spacial score (nSPS) is 11.7. The van der Waals surface area contributed by atoms with Gasteiger partial charge in [-0.1, -0.05) is 83.3 Å². The molecule has 0 aliphatic rings. The number of benzene rings is 3. The topological polar surface area (TPSA) is 49.4 Å². The summed E-state index contributed by atoms with van der Waals surface area (Å²) >= 11 is 19.9. The summed E-state index contributed by atoms with van der Waals surface area (Å²) in [5, 5.41) is 4.62. The van der Waals surface area contributed by atoms with Gasteiger partial charge in [-0.05, 0) is 47.9 Å². The Morgan fingerprint density at radius 1 is 0.914 bits per heavy atom. The molecule has 0 aliphatic heterocycles. The smallest absolute Gasteiger partial charge is 0.243 e. The molecule has 3 rings (SSSR count). The summed E-state index contributed by atoms with van der Waals surface area (Å²) in [4.78, 5) is 28.3. The Morgan fingerprint density at radius 2 is 1.63 bits per heavy atom. The number of amides is 2. The first-order chi connectivity index (χ1) is 16.9. The van der Waals surface area contributed by atoms with Gasteiger partial charge in [0.15, 0.2) is 0 Å². The molecular weight excluding hydrogens is 523 g/mol. The van der Waals surface area contributed by atoms with Gasteiger partial charge in [0.2, 0.25) is 11.8 Å². The third kappa shape index (κ3) is 8.46. The third-order valence-electron chi connectivity index (χ3n) is 5.36. The van der Waals surface area contributed by atoms with E-state index in [1.807, 2.05) is 61.5 Å². The van der Waals surface area contributed by atoms with Gasteiger partial charge in [0.25, 0.3) is 0 Å². The number of hydrogen-bond donors (Lipinski definition) is 1. The van der Waals surface area contributed by atoms with Crippen LogP contribution in [0.5, 0.6) is 0 Å². The molecule has 1 N–H and O–H groups in total. The van der Waals surface area contributed by atoms with Crippen molar-refractivity contribution in [1.29, 1.82) is 0 Å². The van der Waals surface area contributed by atoms with E-state index in [9.17, 15) is 9.59 Å². The van der Waals surface area contributed by atoms with Gasteiger partial charge in [-0.15, -0.1) is 11.8 Å². The van der Waals surface area contributed by atoms with Crippen molar-refractivity contribution in [3.63, 3.8) is 0 Å². The van der Waals surface area contributed by atoms with E-state index in [4.69, 9.17) is 34.8 Å². The molecule has 0 unspecified atom stereocenters. The van der Waals surface area contributed by atoms with Crippen molar-refractivity contribution in [2.45, 2.75) is 31.7 Å². The first-order valence-electron chi connectivity index (χ1n) is 11.2. The number of rotatable bonds is 11. The van der Waals surface area contributed by atoms with Gasteiger partial charge in [0, 0.05) is 40.3 Å². The molecule has 1 atom stereocenters. The fraction of sp³-hybridized carbons (Fsp3) is 0.259. The maximum atomic E-state index is 13.5. The molecule has 184 valence electrons. The van der Waals surface area contributed by atoms with Crippen molar-refractivity contribution >= 4 is 58.4 Å². The first kappa shape index (κ1) is 27.4. The Kier molecular flexibility index (Phi) is 10.8. The zero-order valence-corrected chi connectivity index (χ0v) is 22.4. The van der Waals surface area contributed by atoms with Crippen molar-refractivity contribution < 1.29 is 9.59 Å². The van der Waals surface area contributed by atoms with Crippen molar-refractivity contribution in [2.75, 3.05) is 12.3 Å². The lowest BCUT2D eigenvalue weighted by Crippen LogP contribution is -2.51. The number of nitrogens with one attached hydrogen (secondary N) is 1. The van der Waals surface area contributed by atoms with E-state index in [1.165, 1.54) is 11.8 Å². The molecule has 0 fully saturated rings. The van der Waals surface area contributed by atoms with E-state index in [-0.39, 0.29) is 24.1 Å². The first-order valence-corrected chi connectivity index (χ1v) is 13.5. The maximum absolute atomic E-state index is 13.5. The monoisotopic (exact) mass is 548 g/mol. The molecule has 0 spiro atoms. The molecule has 0 saturated heterocycles. The van der Waals surface area contributed by atoms with E-state index in [0.717, 1.165) is 16.7 Å². The quantitative estimate of drug-likeness (QED) is 0.291. The van der Waals surface area contributed by atoms with Crippen LogP contribution in [0.1, 0.15) is 23.6 Å². The van der Waals surface area contributed by atoms with E-state index in [0.29, 0.717) is 33.8 Å². The Morgan fingerprint density at radius 3 is 2.31 bits per heavy atom. The van der Waals surface area contributed by atoms with Gasteiger partial charge in [0.1, 0.15) is 6.04 Å². The summed E-state index contributed by atoms with van der Waals surface area (Å²) in [6.45, 7) is 2.62. The highest BCUT2D eigenvalue weighted by Crippen LogP contribution is 2.25. The molecule has 3 aromatic carbocycles. The SMILES string of the molecule is CCNC(=O)[C@H](Cc1ccccc1)N(Cc1cccc(Cl)c1)C(=O)CSCc1ccc(Cl)cc1Cl. The van der Waals surface area contributed by atoms with Crippen molar-refractivity contribution in [3.8, 4) is 0 Å². The predicted octanol–water partition coefficient (Wildman–Crippen LogP) is 6.66. The number of thioether (sulfide) groups is 1. The Hall–Kier alpha value is -2.18. The molecule has 0 bridgehead atoms. The summed E-state index contributed by atoms with van der Waals surface area (Å²) in [5.41, 5.74) is 2.74. The van der Waals surface area contributed by atoms with Gasteiger partial charge in [-0.25, -0.2) is 0 Å². The molecule has 2 amide bonds. The van der Waals surface area contributed by atoms with Crippen molar-refractivity contribution in [2.24, 2.45) is 0 Å². The largest absolute Gasteiger partial charge is 0.355 e. The van der Waals surface area contributed by atoms with Gasteiger partial charge in [0.05, 0.1) is 5.75 Å². The molecule has 8 heteroatoms. The second kappa shape index (κ2) is 13.8. The van der Waals surface area contributed by atoms with Gasteiger partial charge in [-0.2, -0.15) is 0 Å². The van der Waals surface area contributed by atoms with E-state index in [1.54, 1.807) is 23.1 Å². The summed E-state index contributed by atoms with van der Waals surface area (Å²) in [5.74, 6) is 0.436. The Balaban J connectivity index is 1.83. The second-order valence-electron chi connectivity index (χ2n) is 7.98. The molecule has 35 heavy (non-hydrogen) atoms. The number of nitrogens with zero attached hydrogens (tertiary/aromatic N) is 1. The molecular formula is C27H27Cl3N2O2S. The highest BCUT2D eigenvalue weighted by atomic mass is 35.5. The minimum absolute atomic E-state index is 0.132. The maximum Gasteiger partial charge on any atom is 0.243 e. The number of hydrogen-bond acceptors (Lipinski definition) is 3. The van der Waals surface area contributed by atoms with Crippen LogP contribution in [-0.4, -0.2) is 35.1 Å². The van der Waals surface area contributed by atoms with Crippen LogP contribution in [0.3, 0.4) is 0 Å². The lowest BCUT2D eigenvalue weighted by Gasteiger charge is -2.31. The van der Waals surface area contributed by atoms with Crippen molar-refractivity contribution in [1.82, 2.24) is 10.2 Å². The van der Waals surface area contributed by atoms with E-state index < -0.39 is 6.04 Å². The third-order valence-corrected chi connectivity index (χ3v) is 7.15. The molecule has 0 saturated carbocycles. The fourth-order valence-electron chi connectivity index (χ4n) is 3.65. The number of halogens is 3. The van der Waals surface area contributed by atoms with Gasteiger partial charge < -0.3 is 10.2 Å².